The van der Waals surface area contributed by atoms with Gasteiger partial charge in [0.05, 0.1) is 5.03 Å². The zero-order valence-corrected chi connectivity index (χ0v) is 13.3. The summed E-state index contributed by atoms with van der Waals surface area (Å²) in [5.41, 5.74) is 2.53. The molecule has 0 aliphatic heterocycles. The molecule has 0 spiro atoms. The van der Waals surface area contributed by atoms with Crippen LogP contribution in [0.5, 0.6) is 0 Å². The molecule has 2 rings (SSSR count). The van der Waals surface area contributed by atoms with Crippen LogP contribution in [-0.2, 0) is 5.75 Å². The standard InChI is InChI=1S/C16H19ClN2S/c1-3-18-12(2)14-8-9-19-16(10-14)20-11-13-4-6-15(17)7-5-13/h4-10,12,18H,3,11H2,1-2H3. The predicted octanol–water partition coefficient (Wildman–Crippen LogP) is 4.70. The minimum absolute atomic E-state index is 0.359. The van der Waals surface area contributed by atoms with Crippen LogP contribution in [0.25, 0.3) is 0 Å². The highest BCUT2D eigenvalue weighted by molar-refractivity contribution is 7.98. The Bertz CT molecular complexity index is 542. The lowest BCUT2D eigenvalue weighted by atomic mass is 10.1. The molecule has 0 bridgehead atoms. The van der Waals surface area contributed by atoms with Gasteiger partial charge in [0.15, 0.2) is 0 Å². The molecule has 1 unspecified atom stereocenters. The van der Waals surface area contributed by atoms with E-state index >= 15 is 0 Å². The molecule has 0 fully saturated rings. The molecule has 0 amide bonds. The number of benzene rings is 1. The second-order valence-electron chi connectivity index (χ2n) is 4.62. The van der Waals surface area contributed by atoms with Crippen LogP contribution in [0.4, 0.5) is 0 Å². The number of aromatic nitrogens is 1. The lowest BCUT2D eigenvalue weighted by Crippen LogP contribution is -2.17. The molecule has 0 aliphatic carbocycles. The van der Waals surface area contributed by atoms with Crippen LogP contribution in [0.1, 0.15) is 31.0 Å². The van der Waals surface area contributed by atoms with Gasteiger partial charge in [0.2, 0.25) is 0 Å². The molecule has 1 aromatic carbocycles. The van der Waals surface area contributed by atoms with Crippen LogP contribution < -0.4 is 5.32 Å². The average molecular weight is 307 g/mol. The lowest BCUT2D eigenvalue weighted by molar-refractivity contribution is 0.596. The van der Waals surface area contributed by atoms with Gasteiger partial charge in [-0.1, -0.05) is 30.7 Å². The third-order valence-corrected chi connectivity index (χ3v) is 4.32. The Morgan fingerprint density at radius 1 is 1.25 bits per heavy atom. The van der Waals surface area contributed by atoms with Crippen LogP contribution >= 0.6 is 23.4 Å². The first kappa shape index (κ1) is 15.4. The van der Waals surface area contributed by atoms with Crippen LogP contribution in [0.15, 0.2) is 47.6 Å². The van der Waals surface area contributed by atoms with Gasteiger partial charge in [-0.2, -0.15) is 0 Å². The van der Waals surface area contributed by atoms with Gasteiger partial charge in [0, 0.05) is 23.0 Å². The number of nitrogens with zero attached hydrogens (tertiary/aromatic N) is 1. The molecule has 1 N–H and O–H groups in total. The number of pyridine rings is 1. The summed E-state index contributed by atoms with van der Waals surface area (Å²) in [5, 5.41) is 5.25. The highest BCUT2D eigenvalue weighted by atomic mass is 35.5. The monoisotopic (exact) mass is 306 g/mol. The first-order chi connectivity index (χ1) is 9.69. The van der Waals surface area contributed by atoms with E-state index < -0.39 is 0 Å². The van der Waals surface area contributed by atoms with Gasteiger partial charge >= 0.3 is 0 Å². The van der Waals surface area contributed by atoms with E-state index in [9.17, 15) is 0 Å². The van der Waals surface area contributed by atoms with Crippen molar-refractivity contribution in [1.82, 2.24) is 10.3 Å². The fourth-order valence-electron chi connectivity index (χ4n) is 1.93. The minimum Gasteiger partial charge on any atom is -0.310 e. The Labute approximate surface area is 130 Å². The van der Waals surface area contributed by atoms with Crippen molar-refractivity contribution in [1.29, 1.82) is 0 Å². The number of thioether (sulfide) groups is 1. The maximum absolute atomic E-state index is 5.89. The van der Waals surface area contributed by atoms with Gasteiger partial charge in [-0.15, -0.1) is 11.8 Å². The third-order valence-electron chi connectivity index (χ3n) is 3.07. The van der Waals surface area contributed by atoms with E-state index in [0.717, 1.165) is 22.3 Å². The van der Waals surface area contributed by atoms with E-state index in [0.29, 0.717) is 6.04 Å². The number of hydrogen-bond acceptors (Lipinski definition) is 3. The fraction of sp³-hybridized carbons (Fsp3) is 0.312. The van der Waals surface area contributed by atoms with Crippen LogP contribution in [0.2, 0.25) is 5.02 Å². The summed E-state index contributed by atoms with van der Waals surface area (Å²) < 4.78 is 0. The van der Waals surface area contributed by atoms with Gasteiger partial charge < -0.3 is 5.32 Å². The molecular weight excluding hydrogens is 288 g/mol. The largest absolute Gasteiger partial charge is 0.310 e. The molecule has 1 aromatic heterocycles. The summed E-state index contributed by atoms with van der Waals surface area (Å²) in [6.07, 6.45) is 1.88. The molecule has 1 heterocycles. The molecule has 106 valence electrons. The quantitative estimate of drug-likeness (QED) is 0.783. The number of halogens is 1. The first-order valence-corrected chi connectivity index (χ1v) is 8.12. The molecule has 0 aliphatic rings. The lowest BCUT2D eigenvalue weighted by Gasteiger charge is -2.13. The van der Waals surface area contributed by atoms with Crippen LogP contribution in [-0.4, -0.2) is 11.5 Å². The summed E-state index contributed by atoms with van der Waals surface area (Å²) in [6, 6.07) is 12.6. The van der Waals surface area contributed by atoms with E-state index in [1.54, 1.807) is 11.8 Å². The average Bonchev–Trinajstić information content (AvgIpc) is 2.47. The summed E-state index contributed by atoms with van der Waals surface area (Å²) in [4.78, 5) is 4.42. The molecule has 4 heteroatoms. The molecule has 2 nitrogen and oxygen atoms in total. The predicted molar refractivity (Wildman–Crippen MR) is 87.3 cm³/mol. The van der Waals surface area contributed by atoms with Crippen molar-refractivity contribution >= 4 is 23.4 Å². The van der Waals surface area contributed by atoms with Crippen molar-refractivity contribution in [2.75, 3.05) is 6.54 Å². The number of hydrogen-bond donors (Lipinski definition) is 1. The van der Waals surface area contributed by atoms with Gasteiger partial charge in [-0.05, 0) is 48.9 Å². The smallest absolute Gasteiger partial charge is 0.0966 e. The maximum Gasteiger partial charge on any atom is 0.0966 e. The van der Waals surface area contributed by atoms with E-state index in [4.69, 9.17) is 11.6 Å². The van der Waals surface area contributed by atoms with E-state index in [-0.39, 0.29) is 0 Å². The van der Waals surface area contributed by atoms with Gasteiger partial charge in [0.1, 0.15) is 0 Å². The van der Waals surface area contributed by atoms with Crippen molar-refractivity contribution in [3.63, 3.8) is 0 Å². The van der Waals surface area contributed by atoms with Crippen LogP contribution in [0.3, 0.4) is 0 Å². The second kappa shape index (κ2) is 7.67. The van der Waals surface area contributed by atoms with Gasteiger partial charge in [-0.3, -0.25) is 0 Å². The molecular formula is C16H19ClN2S. The highest BCUT2D eigenvalue weighted by Crippen LogP contribution is 2.24. The Hall–Kier alpha value is -1.03. The second-order valence-corrected chi connectivity index (χ2v) is 6.05. The highest BCUT2D eigenvalue weighted by Gasteiger charge is 2.05. The number of rotatable bonds is 6. The summed E-state index contributed by atoms with van der Waals surface area (Å²) in [7, 11) is 0. The van der Waals surface area contributed by atoms with E-state index in [1.807, 2.05) is 18.3 Å². The molecule has 0 saturated carbocycles. The SMILES string of the molecule is CCNC(C)c1ccnc(SCc2ccc(Cl)cc2)c1. The zero-order valence-electron chi connectivity index (χ0n) is 11.8. The summed E-state index contributed by atoms with van der Waals surface area (Å²) in [6.45, 7) is 5.26. The first-order valence-electron chi connectivity index (χ1n) is 6.75. The fourth-order valence-corrected chi connectivity index (χ4v) is 2.92. The Kier molecular flexibility index (Phi) is 5.89. The molecule has 0 saturated heterocycles. The number of nitrogens with one attached hydrogen (secondary N) is 1. The molecule has 2 aromatic rings. The van der Waals surface area contributed by atoms with Crippen molar-refractivity contribution < 1.29 is 0 Å². The summed E-state index contributed by atoms with van der Waals surface area (Å²) >= 11 is 7.64. The van der Waals surface area contributed by atoms with E-state index in [2.05, 4.69) is 48.4 Å². The van der Waals surface area contributed by atoms with Crippen molar-refractivity contribution in [2.24, 2.45) is 0 Å². The Morgan fingerprint density at radius 2 is 2.00 bits per heavy atom. The maximum atomic E-state index is 5.89. The molecule has 0 radical (unpaired) electrons. The third kappa shape index (κ3) is 4.51. The van der Waals surface area contributed by atoms with Crippen molar-refractivity contribution in [2.45, 2.75) is 30.7 Å². The zero-order chi connectivity index (χ0) is 14.4. The molecule has 1 atom stereocenters. The van der Waals surface area contributed by atoms with Crippen molar-refractivity contribution in [3.8, 4) is 0 Å². The van der Waals surface area contributed by atoms with Crippen LogP contribution in [0, 0.1) is 0 Å². The Morgan fingerprint density at radius 3 is 2.70 bits per heavy atom. The van der Waals surface area contributed by atoms with E-state index in [1.165, 1.54) is 11.1 Å². The minimum atomic E-state index is 0.359. The molecule has 20 heavy (non-hydrogen) atoms. The Balaban J connectivity index is 1.99. The van der Waals surface area contributed by atoms with Crippen molar-refractivity contribution in [3.05, 3.63) is 58.7 Å². The normalized spacial score (nSPS) is 12.3. The van der Waals surface area contributed by atoms with Gasteiger partial charge in [-0.25, -0.2) is 4.98 Å². The van der Waals surface area contributed by atoms with Gasteiger partial charge in [0.25, 0.3) is 0 Å². The topological polar surface area (TPSA) is 24.9 Å². The summed E-state index contributed by atoms with van der Waals surface area (Å²) in [5.74, 6) is 0.906.